The molecule has 3 unspecified atom stereocenters. The Morgan fingerprint density at radius 1 is 0.976 bits per heavy atom. The van der Waals surface area contributed by atoms with Crippen molar-refractivity contribution in [3.05, 3.63) is 71.8 Å². The number of thioether (sulfide) groups is 1. The second kappa shape index (κ2) is 17.5. The third-order valence-electron chi connectivity index (χ3n) is 6.57. The van der Waals surface area contributed by atoms with Gasteiger partial charge in [-0.05, 0) is 48.9 Å². The van der Waals surface area contributed by atoms with E-state index in [1.165, 1.54) is 11.8 Å². The molecule has 0 bridgehead atoms. The molecule has 4 N–H and O–H groups in total. The molecule has 2 aromatic carbocycles. The number of rotatable bonds is 19. The van der Waals surface area contributed by atoms with Crippen LogP contribution < -0.4 is 10.1 Å². The van der Waals surface area contributed by atoms with E-state index in [4.69, 9.17) is 14.9 Å². The van der Waals surface area contributed by atoms with Crippen LogP contribution in [0.5, 0.6) is 5.75 Å². The number of amides is 1. The Morgan fingerprint density at radius 2 is 1.66 bits per heavy atom. The molecule has 0 radical (unpaired) electrons. The number of ether oxygens (including phenoxy) is 1. The minimum absolute atomic E-state index is 0.0417. The Hall–Kier alpha value is -3.30. The third-order valence-corrected chi connectivity index (χ3v) is 8.32. The van der Waals surface area contributed by atoms with Gasteiger partial charge in [-0.2, -0.15) is 11.8 Å². The Bertz CT molecular complexity index is 1140. The third kappa shape index (κ3) is 12.4. The van der Waals surface area contributed by atoms with E-state index in [1.807, 2.05) is 66.7 Å². The molecule has 0 aliphatic carbocycles. The summed E-state index contributed by atoms with van der Waals surface area (Å²) >= 11 is 1.38. The van der Waals surface area contributed by atoms with Crippen LogP contribution >= 0.6 is 11.8 Å². The fraction of sp³-hybridized carbons (Fsp3) is 0.469. The van der Waals surface area contributed by atoms with Crippen molar-refractivity contribution in [1.82, 2.24) is 5.32 Å². The van der Waals surface area contributed by atoms with Crippen LogP contribution in [0.1, 0.15) is 76.5 Å². The number of unbranched alkanes of at least 4 members (excludes halogenated alkanes) is 1. The lowest BCUT2D eigenvalue weighted by Gasteiger charge is -2.27. The Labute approximate surface area is 247 Å². The first kappa shape index (κ1) is 33.9. The van der Waals surface area contributed by atoms with Gasteiger partial charge in [-0.3, -0.25) is 14.4 Å². The van der Waals surface area contributed by atoms with Crippen molar-refractivity contribution in [2.45, 2.75) is 76.8 Å². The quantitative estimate of drug-likeness (QED) is 0.159. The van der Waals surface area contributed by atoms with Gasteiger partial charge in [-0.25, -0.2) is 0 Å². The van der Waals surface area contributed by atoms with Gasteiger partial charge >= 0.3 is 11.9 Å². The number of aliphatic carboxylic acids is 2. The zero-order chi connectivity index (χ0) is 30.3. The van der Waals surface area contributed by atoms with Crippen molar-refractivity contribution in [2.24, 2.45) is 5.41 Å². The van der Waals surface area contributed by atoms with Gasteiger partial charge in [0, 0.05) is 17.4 Å². The molecule has 2 aromatic rings. The Morgan fingerprint density at radius 3 is 2.32 bits per heavy atom. The summed E-state index contributed by atoms with van der Waals surface area (Å²) in [6.45, 7) is 5.13. The maximum atomic E-state index is 12.6. The summed E-state index contributed by atoms with van der Waals surface area (Å²) in [7, 11) is 0. The monoisotopic (exact) mass is 585 g/mol. The molecular formula is C32H43NO7S. The molecule has 41 heavy (non-hydrogen) atoms. The number of carbonyl (C=O) groups is 3. The van der Waals surface area contributed by atoms with E-state index in [-0.39, 0.29) is 18.9 Å². The number of carboxylic acids is 2. The number of carboxylic acid groups (broad SMARTS) is 2. The van der Waals surface area contributed by atoms with Gasteiger partial charge in [0.15, 0.2) is 0 Å². The number of carbonyl (C=O) groups excluding carboxylic acids is 1. The molecule has 0 aliphatic rings. The number of para-hydroxylation sites is 1. The normalized spacial score (nSPS) is 13.9. The van der Waals surface area contributed by atoms with Gasteiger partial charge in [-0.15, -0.1) is 0 Å². The predicted molar refractivity (Wildman–Crippen MR) is 163 cm³/mol. The molecule has 2 rings (SSSR count). The van der Waals surface area contributed by atoms with Crippen LogP contribution in [-0.4, -0.2) is 56.8 Å². The first-order valence-corrected chi connectivity index (χ1v) is 15.1. The van der Waals surface area contributed by atoms with Crippen LogP contribution in [0.15, 0.2) is 60.7 Å². The standard InChI is InChI=1S/C32H43NO7S/c1-4-5-17-27(40-24-13-7-6-8-14-24)25-15-10-9-12-23(25)19-20-28(26(34)16-11-18-29(35)36)41-22-32(2,3)31(39)33-21-30(37)38/h6-10,12-15,19-20,26-28,34H,4-5,11,16-18,21-22H2,1-3H3,(H,33,39)(H,35,36)(H,37,38). The Kier molecular flexibility index (Phi) is 14.5. The molecule has 1 amide bonds. The first-order chi connectivity index (χ1) is 19.5. The lowest BCUT2D eigenvalue weighted by molar-refractivity contribution is -0.139. The summed E-state index contributed by atoms with van der Waals surface area (Å²) < 4.78 is 6.40. The molecular weight excluding hydrogens is 542 g/mol. The number of nitrogens with one attached hydrogen (secondary N) is 1. The molecule has 8 nitrogen and oxygen atoms in total. The summed E-state index contributed by atoms with van der Waals surface area (Å²) in [6.07, 6.45) is 6.30. The molecule has 3 atom stereocenters. The van der Waals surface area contributed by atoms with Gasteiger partial charge < -0.3 is 25.4 Å². The van der Waals surface area contributed by atoms with Crippen molar-refractivity contribution < 1.29 is 34.4 Å². The molecule has 0 spiro atoms. The highest BCUT2D eigenvalue weighted by atomic mass is 32.2. The van der Waals surface area contributed by atoms with Crippen LogP contribution in [-0.2, 0) is 14.4 Å². The van der Waals surface area contributed by atoms with E-state index in [1.54, 1.807) is 13.8 Å². The van der Waals surface area contributed by atoms with Crippen LogP contribution in [0.3, 0.4) is 0 Å². The van der Waals surface area contributed by atoms with Gasteiger partial charge in [-0.1, -0.05) is 81.8 Å². The van der Waals surface area contributed by atoms with Crippen molar-refractivity contribution in [1.29, 1.82) is 0 Å². The second-order valence-corrected chi connectivity index (χ2v) is 11.8. The fourth-order valence-corrected chi connectivity index (χ4v) is 5.46. The van der Waals surface area contributed by atoms with Gasteiger partial charge in [0.25, 0.3) is 0 Å². The minimum atomic E-state index is -1.12. The molecule has 0 saturated carbocycles. The maximum Gasteiger partial charge on any atom is 0.322 e. The molecule has 0 aromatic heterocycles. The lowest BCUT2D eigenvalue weighted by Crippen LogP contribution is -2.41. The van der Waals surface area contributed by atoms with Crippen LogP contribution in [0.4, 0.5) is 0 Å². The average Bonchev–Trinajstić information content (AvgIpc) is 2.94. The second-order valence-electron chi connectivity index (χ2n) is 10.6. The molecule has 224 valence electrons. The number of hydrogen-bond donors (Lipinski definition) is 4. The van der Waals surface area contributed by atoms with Gasteiger partial charge in [0.1, 0.15) is 18.4 Å². The highest BCUT2D eigenvalue weighted by Gasteiger charge is 2.30. The van der Waals surface area contributed by atoms with E-state index >= 15 is 0 Å². The van der Waals surface area contributed by atoms with E-state index in [2.05, 4.69) is 12.2 Å². The van der Waals surface area contributed by atoms with E-state index in [0.29, 0.717) is 12.2 Å². The summed E-state index contributed by atoms with van der Waals surface area (Å²) in [4.78, 5) is 34.5. The summed E-state index contributed by atoms with van der Waals surface area (Å²) in [5.74, 6) is -1.32. The van der Waals surface area contributed by atoms with Gasteiger partial charge in [0.2, 0.25) is 5.91 Å². The topological polar surface area (TPSA) is 133 Å². The van der Waals surface area contributed by atoms with Gasteiger partial charge in [0.05, 0.1) is 11.5 Å². The maximum absolute atomic E-state index is 12.6. The SMILES string of the molecule is CCCCC(Oc1ccccc1)c1ccccc1C=CC(SCC(C)(C)C(=O)NCC(=O)O)C(O)CCCC(=O)O. The van der Waals surface area contributed by atoms with Crippen molar-refractivity contribution in [3.63, 3.8) is 0 Å². The minimum Gasteiger partial charge on any atom is -0.486 e. The van der Waals surface area contributed by atoms with E-state index in [0.717, 1.165) is 36.1 Å². The van der Waals surface area contributed by atoms with E-state index < -0.39 is 41.2 Å². The van der Waals surface area contributed by atoms with Crippen LogP contribution in [0, 0.1) is 5.41 Å². The molecule has 0 heterocycles. The zero-order valence-electron chi connectivity index (χ0n) is 24.1. The number of aliphatic hydroxyl groups is 1. The summed E-state index contributed by atoms with van der Waals surface area (Å²) in [5, 5.41) is 31.0. The van der Waals surface area contributed by atoms with Crippen molar-refractivity contribution in [3.8, 4) is 5.75 Å². The molecule has 0 saturated heterocycles. The lowest BCUT2D eigenvalue weighted by atomic mass is 9.95. The molecule has 9 heteroatoms. The van der Waals surface area contributed by atoms with E-state index in [9.17, 15) is 19.5 Å². The average molecular weight is 586 g/mol. The number of hydrogen-bond acceptors (Lipinski definition) is 6. The number of benzene rings is 2. The largest absolute Gasteiger partial charge is 0.486 e. The highest BCUT2D eigenvalue weighted by molar-refractivity contribution is 8.00. The fourth-order valence-electron chi connectivity index (χ4n) is 4.17. The van der Waals surface area contributed by atoms with Crippen molar-refractivity contribution in [2.75, 3.05) is 12.3 Å². The summed E-state index contributed by atoms with van der Waals surface area (Å²) in [5.41, 5.74) is 1.09. The first-order valence-electron chi connectivity index (χ1n) is 14.0. The Balaban J connectivity index is 2.29. The number of aliphatic hydroxyl groups excluding tert-OH is 1. The van der Waals surface area contributed by atoms with Crippen LogP contribution in [0.25, 0.3) is 6.08 Å². The highest BCUT2D eigenvalue weighted by Crippen LogP contribution is 2.32. The smallest absolute Gasteiger partial charge is 0.322 e. The summed E-state index contributed by atoms with van der Waals surface area (Å²) in [6, 6.07) is 17.7. The zero-order valence-corrected chi connectivity index (χ0v) is 24.9. The van der Waals surface area contributed by atoms with Crippen LogP contribution in [0.2, 0.25) is 0 Å². The predicted octanol–water partition coefficient (Wildman–Crippen LogP) is 5.95. The molecule has 0 aliphatic heterocycles. The molecule has 0 fully saturated rings. The van der Waals surface area contributed by atoms with Crippen molar-refractivity contribution >= 4 is 35.7 Å².